The number of ether oxygens (including phenoxy) is 2. The number of fused-ring (bicyclic) bond motifs is 1. The Morgan fingerprint density at radius 3 is 3.05 bits per heavy atom. The summed E-state index contributed by atoms with van der Waals surface area (Å²) in [6, 6.07) is 5.46. The van der Waals surface area contributed by atoms with E-state index in [1.165, 1.54) is 0 Å². The molecule has 2 aromatic rings. The second-order valence-corrected chi connectivity index (χ2v) is 5.08. The highest BCUT2D eigenvalue weighted by molar-refractivity contribution is 5.89. The molecule has 2 amide bonds. The zero-order chi connectivity index (χ0) is 15.5. The van der Waals surface area contributed by atoms with Crippen molar-refractivity contribution in [1.29, 1.82) is 0 Å². The summed E-state index contributed by atoms with van der Waals surface area (Å²) in [5.41, 5.74) is 1.63. The topological polar surface area (TPSA) is 68.6 Å². The minimum absolute atomic E-state index is 0.166. The molecule has 0 unspecified atom stereocenters. The Kier molecular flexibility index (Phi) is 3.86. The van der Waals surface area contributed by atoms with E-state index in [4.69, 9.17) is 9.47 Å². The fourth-order valence-corrected chi connectivity index (χ4v) is 2.34. The standard InChI is InChI=1S/C15H18N4O3/c1-18-10-12(8-16-18)17-15(20)19-5-6-22-14-7-13(21-2)4-3-11(14)9-19/h3-4,7-8,10H,5-6,9H2,1-2H3,(H,17,20). The van der Waals surface area contributed by atoms with Crippen LogP contribution in [0.5, 0.6) is 11.5 Å². The third-order valence-corrected chi connectivity index (χ3v) is 3.50. The van der Waals surface area contributed by atoms with Crippen molar-refractivity contribution in [3.05, 3.63) is 36.2 Å². The molecular formula is C15H18N4O3. The monoisotopic (exact) mass is 302 g/mol. The van der Waals surface area contributed by atoms with Crippen LogP contribution in [0.3, 0.4) is 0 Å². The molecule has 7 nitrogen and oxygen atoms in total. The molecule has 0 bridgehead atoms. The van der Waals surface area contributed by atoms with E-state index in [-0.39, 0.29) is 6.03 Å². The Balaban J connectivity index is 1.73. The fraction of sp³-hybridized carbons (Fsp3) is 0.333. The van der Waals surface area contributed by atoms with Crippen LogP contribution >= 0.6 is 0 Å². The molecular weight excluding hydrogens is 284 g/mol. The summed E-state index contributed by atoms with van der Waals surface area (Å²) in [7, 11) is 3.42. The number of carbonyl (C=O) groups is 1. The molecule has 0 spiro atoms. The van der Waals surface area contributed by atoms with E-state index in [2.05, 4.69) is 10.4 Å². The van der Waals surface area contributed by atoms with Gasteiger partial charge in [-0.25, -0.2) is 4.79 Å². The van der Waals surface area contributed by atoms with E-state index < -0.39 is 0 Å². The number of methoxy groups -OCH3 is 1. The van der Waals surface area contributed by atoms with Gasteiger partial charge in [0.1, 0.15) is 18.1 Å². The van der Waals surface area contributed by atoms with Crippen molar-refractivity contribution in [3.8, 4) is 11.5 Å². The number of nitrogens with one attached hydrogen (secondary N) is 1. The van der Waals surface area contributed by atoms with Crippen LogP contribution in [0.25, 0.3) is 0 Å². The number of benzene rings is 1. The minimum atomic E-state index is -0.166. The molecule has 0 atom stereocenters. The number of aryl methyl sites for hydroxylation is 1. The second kappa shape index (κ2) is 5.97. The molecule has 0 aliphatic carbocycles. The predicted molar refractivity (Wildman–Crippen MR) is 81.1 cm³/mol. The maximum Gasteiger partial charge on any atom is 0.322 e. The van der Waals surface area contributed by atoms with Gasteiger partial charge in [-0.15, -0.1) is 0 Å². The molecule has 1 aliphatic heterocycles. The largest absolute Gasteiger partial charge is 0.497 e. The Bertz CT molecular complexity index is 683. The Labute approximate surface area is 128 Å². The van der Waals surface area contributed by atoms with E-state index in [0.717, 1.165) is 17.1 Å². The molecule has 0 saturated heterocycles. The zero-order valence-corrected chi connectivity index (χ0v) is 12.6. The maximum absolute atomic E-state index is 12.4. The third-order valence-electron chi connectivity index (χ3n) is 3.50. The first kappa shape index (κ1) is 14.2. The van der Waals surface area contributed by atoms with Crippen LogP contribution in [0, 0.1) is 0 Å². The highest BCUT2D eigenvalue weighted by atomic mass is 16.5. The Morgan fingerprint density at radius 1 is 1.45 bits per heavy atom. The van der Waals surface area contributed by atoms with Crippen molar-refractivity contribution in [2.75, 3.05) is 25.6 Å². The molecule has 0 saturated carbocycles. The number of rotatable bonds is 2. The van der Waals surface area contributed by atoms with Crippen molar-refractivity contribution < 1.29 is 14.3 Å². The van der Waals surface area contributed by atoms with Crippen molar-refractivity contribution in [2.45, 2.75) is 6.54 Å². The SMILES string of the molecule is COc1ccc2c(c1)OCCN(C(=O)Nc1cnn(C)c1)C2. The van der Waals surface area contributed by atoms with Crippen LogP contribution < -0.4 is 14.8 Å². The normalized spacial score (nSPS) is 13.8. The first-order valence-corrected chi connectivity index (χ1v) is 7.00. The van der Waals surface area contributed by atoms with Gasteiger partial charge in [0.05, 0.1) is 32.1 Å². The Hall–Kier alpha value is -2.70. The van der Waals surface area contributed by atoms with E-state index >= 15 is 0 Å². The molecule has 1 aromatic carbocycles. The van der Waals surface area contributed by atoms with Crippen molar-refractivity contribution in [2.24, 2.45) is 7.05 Å². The molecule has 3 rings (SSSR count). The van der Waals surface area contributed by atoms with Crippen LogP contribution in [0.15, 0.2) is 30.6 Å². The fourth-order valence-electron chi connectivity index (χ4n) is 2.34. The van der Waals surface area contributed by atoms with Crippen LogP contribution in [0.2, 0.25) is 0 Å². The smallest absolute Gasteiger partial charge is 0.322 e. The summed E-state index contributed by atoms with van der Waals surface area (Å²) in [6.45, 7) is 1.45. The third kappa shape index (κ3) is 2.98. The summed E-state index contributed by atoms with van der Waals surface area (Å²) < 4.78 is 12.5. The van der Waals surface area contributed by atoms with Crippen LogP contribution in [-0.4, -0.2) is 41.0 Å². The number of aromatic nitrogens is 2. The van der Waals surface area contributed by atoms with E-state index in [9.17, 15) is 4.79 Å². The molecule has 0 radical (unpaired) electrons. The summed E-state index contributed by atoms with van der Waals surface area (Å²) >= 11 is 0. The number of amides is 2. The average molecular weight is 302 g/mol. The maximum atomic E-state index is 12.4. The van der Waals surface area contributed by atoms with Gasteiger partial charge in [-0.3, -0.25) is 4.68 Å². The van der Waals surface area contributed by atoms with Crippen LogP contribution in [0.4, 0.5) is 10.5 Å². The molecule has 1 N–H and O–H groups in total. The zero-order valence-electron chi connectivity index (χ0n) is 12.6. The van der Waals surface area contributed by atoms with Crippen molar-refractivity contribution in [3.63, 3.8) is 0 Å². The van der Waals surface area contributed by atoms with Crippen LogP contribution in [0.1, 0.15) is 5.56 Å². The number of hydrogen-bond acceptors (Lipinski definition) is 4. The number of urea groups is 1. The molecule has 116 valence electrons. The highest BCUT2D eigenvalue weighted by Gasteiger charge is 2.20. The molecule has 1 aliphatic rings. The van der Waals surface area contributed by atoms with Gasteiger partial charge in [0, 0.05) is 24.9 Å². The lowest BCUT2D eigenvalue weighted by atomic mass is 10.2. The lowest BCUT2D eigenvalue weighted by Crippen LogP contribution is -2.35. The van der Waals surface area contributed by atoms with Gasteiger partial charge >= 0.3 is 6.03 Å². The summed E-state index contributed by atoms with van der Waals surface area (Å²) in [6.07, 6.45) is 3.37. The number of anilines is 1. The van der Waals surface area contributed by atoms with Crippen LogP contribution in [-0.2, 0) is 13.6 Å². The van der Waals surface area contributed by atoms with Gasteiger partial charge in [-0.1, -0.05) is 0 Å². The quantitative estimate of drug-likeness (QED) is 0.919. The van der Waals surface area contributed by atoms with Crippen molar-refractivity contribution >= 4 is 11.7 Å². The number of hydrogen-bond donors (Lipinski definition) is 1. The predicted octanol–water partition coefficient (Wildman–Crippen LogP) is 1.86. The van der Waals surface area contributed by atoms with Gasteiger partial charge in [0.15, 0.2) is 0 Å². The van der Waals surface area contributed by atoms with E-state index in [1.807, 2.05) is 18.2 Å². The number of nitrogens with zero attached hydrogens (tertiary/aromatic N) is 3. The first-order chi connectivity index (χ1) is 10.7. The molecule has 1 aromatic heterocycles. The minimum Gasteiger partial charge on any atom is -0.497 e. The summed E-state index contributed by atoms with van der Waals surface area (Å²) in [5.74, 6) is 1.50. The van der Waals surface area contributed by atoms with Gasteiger partial charge in [-0.05, 0) is 12.1 Å². The molecule has 0 fully saturated rings. The molecule has 22 heavy (non-hydrogen) atoms. The Morgan fingerprint density at radius 2 is 2.32 bits per heavy atom. The van der Waals surface area contributed by atoms with Gasteiger partial charge in [0.2, 0.25) is 0 Å². The molecule has 7 heteroatoms. The van der Waals surface area contributed by atoms with Gasteiger partial charge < -0.3 is 19.7 Å². The van der Waals surface area contributed by atoms with Crippen molar-refractivity contribution in [1.82, 2.24) is 14.7 Å². The summed E-state index contributed by atoms with van der Waals surface area (Å²) in [5, 5.41) is 6.87. The lowest BCUT2D eigenvalue weighted by molar-refractivity contribution is 0.200. The van der Waals surface area contributed by atoms with E-state index in [1.54, 1.807) is 36.1 Å². The molecule has 2 heterocycles. The average Bonchev–Trinajstić information content (AvgIpc) is 2.81. The van der Waals surface area contributed by atoms with Gasteiger partial charge in [0.25, 0.3) is 0 Å². The lowest BCUT2D eigenvalue weighted by Gasteiger charge is -2.19. The highest BCUT2D eigenvalue weighted by Crippen LogP contribution is 2.28. The van der Waals surface area contributed by atoms with Gasteiger partial charge in [-0.2, -0.15) is 5.10 Å². The second-order valence-electron chi connectivity index (χ2n) is 5.08. The number of carbonyl (C=O) groups excluding carboxylic acids is 1. The summed E-state index contributed by atoms with van der Waals surface area (Å²) in [4.78, 5) is 14.1. The first-order valence-electron chi connectivity index (χ1n) is 7.00. The van der Waals surface area contributed by atoms with E-state index in [0.29, 0.717) is 25.4 Å².